The molecule has 9 nitrogen and oxygen atoms in total. The van der Waals surface area contributed by atoms with Crippen LogP contribution in [0.5, 0.6) is 0 Å². The number of alkyl halides is 1. The van der Waals surface area contributed by atoms with Crippen molar-refractivity contribution in [1.29, 1.82) is 0 Å². The number of nitrogens with zero attached hydrogens (tertiary/aromatic N) is 2. The number of halogens is 3. The van der Waals surface area contributed by atoms with Crippen molar-refractivity contribution in [3.63, 3.8) is 0 Å². The van der Waals surface area contributed by atoms with Crippen molar-refractivity contribution >= 4 is 53.9 Å². The van der Waals surface area contributed by atoms with Crippen LogP contribution in [0.25, 0.3) is 0 Å². The lowest BCUT2D eigenvalue weighted by atomic mass is 10.0. The van der Waals surface area contributed by atoms with Crippen LogP contribution in [0.4, 0.5) is 4.79 Å². The molecular formula is C50H71Br3N2O7. The summed E-state index contributed by atoms with van der Waals surface area (Å²) < 4.78 is 18.7. The SMILES string of the molecule is C=C/C=C(/O)C=C.C=C/C=C(\C=C)OC(CCC)c1ccc(Br)cc1.CN(CC(O)c1ccc(Br)cc1)C(O)OC(C)(C)C.CN(CCC1=CCC(Br)C=C1)C(=O)OC(C)(C)C. The van der Waals surface area contributed by atoms with Gasteiger partial charge in [0.2, 0.25) is 6.41 Å². The van der Waals surface area contributed by atoms with Crippen LogP contribution in [0.2, 0.25) is 0 Å². The summed E-state index contributed by atoms with van der Waals surface area (Å²) in [4.78, 5) is 15.4. The van der Waals surface area contributed by atoms with E-state index in [9.17, 15) is 15.0 Å². The molecule has 4 atom stereocenters. The average molecular weight is 1050 g/mol. The van der Waals surface area contributed by atoms with Crippen LogP contribution in [-0.4, -0.2) is 80.8 Å². The highest BCUT2D eigenvalue weighted by molar-refractivity contribution is 9.10. The summed E-state index contributed by atoms with van der Waals surface area (Å²) in [7, 11) is 3.48. The minimum atomic E-state index is -1.04. The van der Waals surface area contributed by atoms with Gasteiger partial charge in [-0.15, -0.1) is 0 Å². The molecule has 0 saturated heterocycles. The van der Waals surface area contributed by atoms with E-state index in [2.05, 4.69) is 111 Å². The van der Waals surface area contributed by atoms with Crippen molar-refractivity contribution < 1.29 is 34.3 Å². The smallest absolute Gasteiger partial charge is 0.410 e. The number of benzene rings is 2. The van der Waals surface area contributed by atoms with Gasteiger partial charge in [0, 0.05) is 33.9 Å². The predicted octanol–water partition coefficient (Wildman–Crippen LogP) is 13.8. The van der Waals surface area contributed by atoms with Crippen LogP contribution < -0.4 is 0 Å². The first kappa shape index (κ1) is 58.5. The Labute approximate surface area is 398 Å². The molecule has 344 valence electrons. The molecule has 1 amide bonds. The number of hydrogen-bond acceptors (Lipinski definition) is 8. The molecule has 0 bridgehead atoms. The molecule has 12 heteroatoms. The number of aliphatic hydroxyl groups is 3. The summed E-state index contributed by atoms with van der Waals surface area (Å²) in [5, 5.41) is 28.5. The third kappa shape index (κ3) is 28.2. The summed E-state index contributed by atoms with van der Waals surface area (Å²) in [6.07, 6.45) is 18.1. The molecule has 2 aromatic carbocycles. The molecule has 0 heterocycles. The van der Waals surface area contributed by atoms with Crippen LogP contribution in [-0.2, 0) is 14.2 Å². The molecular weight excluding hydrogens is 980 g/mol. The monoisotopic (exact) mass is 1050 g/mol. The summed E-state index contributed by atoms with van der Waals surface area (Å²) >= 11 is 10.3. The Balaban J connectivity index is 0.000000835. The van der Waals surface area contributed by atoms with E-state index in [0.29, 0.717) is 17.9 Å². The maximum absolute atomic E-state index is 11.7. The van der Waals surface area contributed by atoms with E-state index in [1.165, 1.54) is 29.4 Å². The maximum atomic E-state index is 11.7. The minimum absolute atomic E-state index is 0.0623. The highest BCUT2D eigenvalue weighted by Gasteiger charge is 2.23. The molecule has 3 N–H and O–H groups in total. The van der Waals surface area contributed by atoms with Crippen molar-refractivity contribution in [3.05, 3.63) is 167 Å². The number of aliphatic hydroxyl groups excluding tert-OH is 3. The molecule has 1 aliphatic rings. The normalized spacial score (nSPS) is 15.3. The molecule has 3 rings (SSSR count). The van der Waals surface area contributed by atoms with Gasteiger partial charge >= 0.3 is 6.09 Å². The standard InChI is InChI=1S/C16H19BrO.C14H22BrNO3.C14H22BrNO2.C6H8O/c1-4-7-15(6-3)18-16(8-5-2)13-9-11-14(17)12-10-13;1-14(2,3)19-13(18)16(4)9-12(17)10-5-7-11(15)8-6-10;1-14(2,3)18-13(17)16(4)10-9-11-5-7-12(15)8-6-11;1-3-5-6(7)4-2/h4,6-7,9-12,16H,1,3,5,8H2,2H3;5-8,12-13,17-18H,9H2,1-4H3;5-7,12H,8-10H2,1-4H3;3-5,7H,1-2H2/b15-7+;;;6-5+. The van der Waals surface area contributed by atoms with Gasteiger partial charge in [-0.05, 0) is 128 Å². The second-order valence-electron chi connectivity index (χ2n) is 16.1. The van der Waals surface area contributed by atoms with Crippen LogP contribution in [0.1, 0.15) is 97.5 Å². The van der Waals surface area contributed by atoms with Crippen molar-refractivity contribution in [2.45, 2.75) is 109 Å². The van der Waals surface area contributed by atoms with E-state index in [1.54, 1.807) is 36.0 Å². The molecule has 0 saturated carbocycles. The van der Waals surface area contributed by atoms with Gasteiger partial charge in [-0.3, -0.25) is 4.90 Å². The van der Waals surface area contributed by atoms with Gasteiger partial charge in [0.25, 0.3) is 0 Å². The Morgan fingerprint density at radius 2 is 1.42 bits per heavy atom. The van der Waals surface area contributed by atoms with E-state index in [-0.39, 0.29) is 18.0 Å². The van der Waals surface area contributed by atoms with Crippen molar-refractivity contribution in [3.8, 4) is 0 Å². The summed E-state index contributed by atoms with van der Waals surface area (Å²) in [6.45, 7) is 28.5. The van der Waals surface area contributed by atoms with E-state index in [0.717, 1.165) is 46.0 Å². The fourth-order valence-electron chi connectivity index (χ4n) is 4.97. The Kier molecular flexibility index (Phi) is 29.6. The van der Waals surface area contributed by atoms with Crippen LogP contribution in [0.15, 0.2) is 156 Å². The first-order valence-electron chi connectivity index (χ1n) is 20.4. The van der Waals surface area contributed by atoms with Crippen molar-refractivity contribution in [2.24, 2.45) is 0 Å². The highest BCUT2D eigenvalue weighted by atomic mass is 79.9. The Bertz CT molecular complexity index is 1760. The lowest BCUT2D eigenvalue weighted by molar-refractivity contribution is -0.236. The molecule has 0 radical (unpaired) electrons. The number of carbonyl (C=O) groups is 1. The molecule has 4 unspecified atom stereocenters. The minimum Gasteiger partial charge on any atom is -0.508 e. The fourth-order valence-corrected chi connectivity index (χ4v) is 5.84. The number of ether oxygens (including phenoxy) is 3. The Morgan fingerprint density at radius 3 is 1.84 bits per heavy atom. The predicted molar refractivity (Wildman–Crippen MR) is 269 cm³/mol. The van der Waals surface area contributed by atoms with Gasteiger partial charge in [-0.25, -0.2) is 4.79 Å². The molecule has 2 aromatic rings. The lowest BCUT2D eigenvalue weighted by Gasteiger charge is -2.31. The number of allylic oxidation sites excluding steroid dienone is 9. The number of carbonyl (C=O) groups excluding carboxylic acids is 1. The second-order valence-corrected chi connectivity index (χ2v) is 19.1. The topological polar surface area (TPSA) is 112 Å². The summed E-state index contributed by atoms with van der Waals surface area (Å²) in [5.74, 6) is 0.904. The third-order valence-corrected chi connectivity index (χ3v) is 9.91. The zero-order valence-electron chi connectivity index (χ0n) is 38.2. The zero-order chi connectivity index (χ0) is 47.5. The number of likely N-dealkylation sites (N-methyl/N-ethyl adjacent to an activating group) is 1. The summed E-state index contributed by atoms with van der Waals surface area (Å²) in [6, 6.07) is 15.7. The molecule has 0 spiro atoms. The number of amides is 1. The molecule has 1 aliphatic carbocycles. The number of hydrogen-bond donors (Lipinski definition) is 3. The van der Waals surface area contributed by atoms with Gasteiger partial charge in [0.1, 0.15) is 23.2 Å². The zero-order valence-corrected chi connectivity index (χ0v) is 43.0. The van der Waals surface area contributed by atoms with E-state index < -0.39 is 23.7 Å². The third-order valence-electron chi connectivity index (χ3n) is 8.17. The molecule has 0 aliphatic heterocycles. The molecule has 0 aromatic heterocycles. The molecule has 0 fully saturated rings. The van der Waals surface area contributed by atoms with E-state index in [1.807, 2.05) is 84.0 Å². The average Bonchev–Trinajstić information content (AvgIpc) is 3.20. The van der Waals surface area contributed by atoms with Crippen LogP contribution in [0.3, 0.4) is 0 Å². The first-order chi connectivity index (χ1) is 29.0. The van der Waals surface area contributed by atoms with Gasteiger partial charge in [0.15, 0.2) is 0 Å². The maximum Gasteiger partial charge on any atom is 0.410 e. The van der Waals surface area contributed by atoms with Gasteiger partial charge in [-0.1, -0.05) is 148 Å². The van der Waals surface area contributed by atoms with Crippen LogP contribution >= 0.6 is 47.8 Å². The van der Waals surface area contributed by atoms with E-state index in [4.69, 9.17) is 19.3 Å². The largest absolute Gasteiger partial charge is 0.508 e. The Morgan fingerprint density at radius 1 is 0.871 bits per heavy atom. The van der Waals surface area contributed by atoms with Crippen LogP contribution in [0, 0.1) is 0 Å². The number of rotatable bonds is 17. The quantitative estimate of drug-likeness (QED) is 0.0622. The van der Waals surface area contributed by atoms with Gasteiger partial charge in [0.05, 0.1) is 11.7 Å². The molecule has 62 heavy (non-hydrogen) atoms. The highest BCUT2D eigenvalue weighted by Crippen LogP contribution is 2.27. The lowest BCUT2D eigenvalue weighted by Crippen LogP contribution is -2.41. The van der Waals surface area contributed by atoms with Gasteiger partial charge < -0.3 is 34.4 Å². The summed E-state index contributed by atoms with van der Waals surface area (Å²) in [5.41, 5.74) is 2.39. The van der Waals surface area contributed by atoms with E-state index >= 15 is 0 Å². The van der Waals surface area contributed by atoms with Gasteiger partial charge in [-0.2, -0.15) is 0 Å². The second kappa shape index (κ2) is 31.4. The van der Waals surface area contributed by atoms with Crippen molar-refractivity contribution in [1.82, 2.24) is 9.80 Å². The van der Waals surface area contributed by atoms with Crippen molar-refractivity contribution in [2.75, 3.05) is 27.2 Å². The Hall–Kier alpha value is -3.49. The fraction of sp³-hybridized carbons (Fsp3) is 0.420. The first-order valence-corrected chi connectivity index (χ1v) is 23.0.